The summed E-state index contributed by atoms with van der Waals surface area (Å²) in [5, 5.41) is 2.53. The number of aryl methyl sites for hydroxylation is 1. The molecule has 5 nitrogen and oxygen atoms in total. The maximum Gasteiger partial charge on any atom is 0.471 e. The third-order valence-electron chi connectivity index (χ3n) is 3.40. The van der Waals surface area contributed by atoms with E-state index in [-0.39, 0.29) is 24.6 Å². The van der Waals surface area contributed by atoms with Crippen LogP contribution in [0.2, 0.25) is 0 Å². The van der Waals surface area contributed by atoms with Crippen LogP contribution in [0.3, 0.4) is 0 Å². The number of amides is 2. The van der Waals surface area contributed by atoms with Crippen molar-refractivity contribution in [2.75, 3.05) is 19.4 Å². The Kier molecular flexibility index (Phi) is 4.63. The van der Waals surface area contributed by atoms with Gasteiger partial charge in [0.15, 0.2) is 0 Å². The second kappa shape index (κ2) is 6.31. The second-order valence-electron chi connectivity index (χ2n) is 5.26. The quantitative estimate of drug-likeness (QED) is 0.907. The highest BCUT2D eigenvalue weighted by atomic mass is 19.4. The topological polar surface area (TPSA) is 65.2 Å². The second-order valence-corrected chi connectivity index (χ2v) is 5.26. The number of fused-ring (bicyclic) bond motifs is 1. The van der Waals surface area contributed by atoms with Gasteiger partial charge >= 0.3 is 12.1 Å². The number of halogens is 3. The molecule has 0 saturated heterocycles. The van der Waals surface area contributed by atoms with Gasteiger partial charge in [0.1, 0.15) is 5.82 Å². The van der Waals surface area contributed by atoms with E-state index in [1.165, 1.54) is 4.90 Å². The number of alkyl halides is 3. The third-order valence-corrected chi connectivity index (χ3v) is 3.40. The Morgan fingerprint density at radius 2 is 1.87 bits per heavy atom. The molecule has 2 rings (SSSR count). The minimum Gasteiger partial charge on any atom is -0.349 e. The molecule has 0 radical (unpaired) electrons. The van der Waals surface area contributed by atoms with E-state index < -0.39 is 12.1 Å². The zero-order valence-corrected chi connectivity index (χ0v) is 12.6. The Balaban J connectivity index is 2.33. The zero-order chi connectivity index (χ0) is 17.2. The standard InChI is InChI=1S/C15H16F3N3O2/c1-21(2)12(22)8-7-10-9-5-3-4-6-11(9)19-13(10)20-14(23)15(16,17)18/h3-6,19H,7-8H2,1-2H3,(H,20,23). The van der Waals surface area contributed by atoms with Crippen LogP contribution < -0.4 is 5.32 Å². The maximum atomic E-state index is 12.5. The van der Waals surface area contributed by atoms with Gasteiger partial charge in [0.05, 0.1) is 0 Å². The Morgan fingerprint density at radius 3 is 2.48 bits per heavy atom. The van der Waals surface area contributed by atoms with Gasteiger partial charge in [0.25, 0.3) is 0 Å². The molecule has 0 spiro atoms. The van der Waals surface area contributed by atoms with Crippen molar-refractivity contribution in [3.8, 4) is 0 Å². The number of hydrogen-bond donors (Lipinski definition) is 2. The van der Waals surface area contributed by atoms with E-state index >= 15 is 0 Å². The largest absolute Gasteiger partial charge is 0.471 e. The number of carbonyl (C=O) groups excluding carboxylic acids is 2. The summed E-state index contributed by atoms with van der Waals surface area (Å²) in [6.07, 6.45) is -4.63. The third kappa shape index (κ3) is 3.82. The van der Waals surface area contributed by atoms with Gasteiger partial charge in [-0.15, -0.1) is 0 Å². The Labute approximate surface area is 130 Å². The molecule has 0 fully saturated rings. The van der Waals surface area contributed by atoms with Crippen LogP contribution in [0, 0.1) is 0 Å². The number of H-pyrrole nitrogens is 1. The number of anilines is 1. The summed E-state index contributed by atoms with van der Waals surface area (Å²) in [6, 6.07) is 6.88. The lowest BCUT2D eigenvalue weighted by atomic mass is 10.1. The van der Waals surface area contributed by atoms with Crippen molar-refractivity contribution in [1.29, 1.82) is 0 Å². The first-order valence-electron chi connectivity index (χ1n) is 6.88. The molecule has 0 unspecified atom stereocenters. The molecule has 0 atom stereocenters. The molecule has 2 amide bonds. The molecule has 1 aromatic heterocycles. The van der Waals surface area contributed by atoms with E-state index in [1.54, 1.807) is 38.4 Å². The molecule has 2 aromatic rings. The fourth-order valence-corrected chi connectivity index (χ4v) is 2.21. The predicted octanol–water partition coefficient (Wildman–Crippen LogP) is 2.69. The molecule has 2 N–H and O–H groups in total. The molecule has 0 aliphatic heterocycles. The zero-order valence-electron chi connectivity index (χ0n) is 12.6. The molecule has 124 valence electrons. The molecule has 23 heavy (non-hydrogen) atoms. The van der Waals surface area contributed by atoms with Crippen molar-refractivity contribution < 1.29 is 22.8 Å². The van der Waals surface area contributed by atoms with Crippen LogP contribution in [0.25, 0.3) is 10.9 Å². The normalized spacial score (nSPS) is 11.5. The number of carbonyl (C=O) groups is 2. The van der Waals surface area contributed by atoms with Gasteiger partial charge in [-0.1, -0.05) is 18.2 Å². The number of aromatic amines is 1. The fourth-order valence-electron chi connectivity index (χ4n) is 2.21. The predicted molar refractivity (Wildman–Crippen MR) is 80.0 cm³/mol. The van der Waals surface area contributed by atoms with Crippen LogP contribution >= 0.6 is 0 Å². The van der Waals surface area contributed by atoms with E-state index in [1.807, 2.05) is 5.32 Å². The maximum absolute atomic E-state index is 12.5. The number of hydrogen-bond acceptors (Lipinski definition) is 2. The first-order chi connectivity index (χ1) is 10.7. The molecule has 0 aliphatic rings. The molecule has 1 heterocycles. The van der Waals surface area contributed by atoms with Crippen molar-refractivity contribution in [3.05, 3.63) is 29.8 Å². The molecule has 0 aliphatic carbocycles. The number of benzene rings is 1. The van der Waals surface area contributed by atoms with Gasteiger partial charge in [-0.3, -0.25) is 9.59 Å². The molecule has 0 saturated carbocycles. The monoisotopic (exact) mass is 327 g/mol. The van der Waals surface area contributed by atoms with Crippen molar-refractivity contribution in [3.63, 3.8) is 0 Å². The van der Waals surface area contributed by atoms with Gasteiger partial charge in [0.2, 0.25) is 5.91 Å². The molecule has 1 aromatic carbocycles. The lowest BCUT2D eigenvalue weighted by Gasteiger charge is -2.11. The van der Waals surface area contributed by atoms with Gasteiger partial charge in [-0.05, 0) is 12.5 Å². The number of nitrogens with one attached hydrogen (secondary N) is 2. The van der Waals surface area contributed by atoms with Gasteiger partial charge < -0.3 is 15.2 Å². The van der Waals surface area contributed by atoms with Gasteiger partial charge in [-0.25, -0.2) is 0 Å². The van der Waals surface area contributed by atoms with Crippen LogP contribution in [0.4, 0.5) is 19.0 Å². The van der Waals surface area contributed by atoms with E-state index in [4.69, 9.17) is 0 Å². The summed E-state index contributed by atoms with van der Waals surface area (Å²) < 4.78 is 37.4. The van der Waals surface area contributed by atoms with Crippen molar-refractivity contribution >= 4 is 28.5 Å². The van der Waals surface area contributed by atoms with Gasteiger partial charge in [0, 0.05) is 37.0 Å². The van der Waals surface area contributed by atoms with E-state index in [0.29, 0.717) is 16.5 Å². The minimum atomic E-state index is -4.98. The van der Waals surface area contributed by atoms with Crippen LogP contribution in [0.5, 0.6) is 0 Å². The highest BCUT2D eigenvalue weighted by Crippen LogP contribution is 2.29. The van der Waals surface area contributed by atoms with Gasteiger partial charge in [-0.2, -0.15) is 13.2 Å². The highest BCUT2D eigenvalue weighted by Gasteiger charge is 2.39. The smallest absolute Gasteiger partial charge is 0.349 e. The minimum absolute atomic E-state index is 0.0277. The Bertz CT molecular complexity index is 735. The molecular formula is C15H16F3N3O2. The first kappa shape index (κ1) is 16.9. The average Bonchev–Trinajstić information content (AvgIpc) is 2.81. The first-order valence-corrected chi connectivity index (χ1v) is 6.88. The van der Waals surface area contributed by atoms with Crippen molar-refractivity contribution in [2.45, 2.75) is 19.0 Å². The van der Waals surface area contributed by atoms with Crippen LogP contribution in [-0.2, 0) is 16.0 Å². The van der Waals surface area contributed by atoms with Crippen LogP contribution in [-0.4, -0.2) is 42.0 Å². The summed E-state index contributed by atoms with van der Waals surface area (Å²) in [5.74, 6) is -2.23. The summed E-state index contributed by atoms with van der Waals surface area (Å²) >= 11 is 0. The molecular weight excluding hydrogens is 311 g/mol. The molecule has 0 bridgehead atoms. The van der Waals surface area contributed by atoms with Crippen LogP contribution in [0.1, 0.15) is 12.0 Å². The van der Waals surface area contributed by atoms with E-state index in [2.05, 4.69) is 4.98 Å². The highest BCUT2D eigenvalue weighted by molar-refractivity contribution is 5.99. The van der Waals surface area contributed by atoms with Crippen molar-refractivity contribution in [1.82, 2.24) is 9.88 Å². The lowest BCUT2D eigenvalue weighted by Crippen LogP contribution is -2.30. The summed E-state index contributed by atoms with van der Waals surface area (Å²) in [5.41, 5.74) is 1.07. The van der Waals surface area contributed by atoms with Crippen LogP contribution in [0.15, 0.2) is 24.3 Å². The summed E-state index contributed by atoms with van der Waals surface area (Å²) in [6.45, 7) is 0. The fraction of sp³-hybridized carbons (Fsp3) is 0.333. The average molecular weight is 327 g/mol. The Hall–Kier alpha value is -2.51. The number of rotatable bonds is 4. The number of para-hydroxylation sites is 1. The number of nitrogens with zero attached hydrogens (tertiary/aromatic N) is 1. The number of aromatic nitrogens is 1. The molecule has 8 heteroatoms. The van der Waals surface area contributed by atoms with E-state index in [9.17, 15) is 22.8 Å². The van der Waals surface area contributed by atoms with Crippen molar-refractivity contribution in [2.24, 2.45) is 0 Å². The summed E-state index contributed by atoms with van der Waals surface area (Å²) in [4.78, 5) is 27.1. The Morgan fingerprint density at radius 1 is 1.22 bits per heavy atom. The lowest BCUT2D eigenvalue weighted by molar-refractivity contribution is -0.167. The summed E-state index contributed by atoms with van der Waals surface area (Å²) in [7, 11) is 3.20. The van der Waals surface area contributed by atoms with E-state index in [0.717, 1.165) is 0 Å². The SMILES string of the molecule is CN(C)C(=O)CCc1c(NC(=O)C(F)(F)F)[nH]c2ccccc12.